The van der Waals surface area contributed by atoms with Gasteiger partial charge in [0.1, 0.15) is 0 Å². The highest BCUT2D eigenvalue weighted by atomic mass is 32.1. The average molecular weight is 274 g/mol. The maximum Gasteiger partial charge on any atom is 0.0957 e. The van der Waals surface area contributed by atoms with E-state index in [2.05, 4.69) is 34.8 Å². The molecule has 1 saturated heterocycles. The molecule has 0 radical (unpaired) electrons. The lowest BCUT2D eigenvalue weighted by atomic mass is 9.83. The minimum atomic E-state index is 0.00365. The van der Waals surface area contributed by atoms with Crippen LogP contribution in [0.1, 0.15) is 37.6 Å². The summed E-state index contributed by atoms with van der Waals surface area (Å²) in [4.78, 5) is 5.85. The number of fused-ring (bicyclic) bond motifs is 3. The number of aromatic nitrogens is 2. The summed E-state index contributed by atoms with van der Waals surface area (Å²) in [7, 11) is 0. The minimum absolute atomic E-state index is 0.00365. The van der Waals surface area contributed by atoms with Crippen LogP contribution in [0.2, 0.25) is 0 Å². The highest BCUT2D eigenvalue weighted by Crippen LogP contribution is 2.49. The number of thiophene rings is 1. The lowest BCUT2D eigenvalue weighted by Crippen LogP contribution is -2.37. The van der Waals surface area contributed by atoms with Crippen LogP contribution in [0, 0.1) is 5.92 Å². The van der Waals surface area contributed by atoms with Gasteiger partial charge < -0.3 is 9.30 Å². The molecule has 0 aliphatic carbocycles. The molecule has 4 heterocycles. The first kappa shape index (κ1) is 11.7. The molecule has 0 N–H and O–H groups in total. The molecular formula is C15H18N2OS. The summed E-state index contributed by atoms with van der Waals surface area (Å²) in [5.74, 6) is 0.650. The van der Waals surface area contributed by atoms with Crippen LogP contribution < -0.4 is 0 Å². The van der Waals surface area contributed by atoms with Crippen molar-refractivity contribution in [2.45, 2.75) is 38.3 Å². The molecule has 100 valence electrons. The summed E-state index contributed by atoms with van der Waals surface area (Å²) in [5.41, 5.74) is 2.67. The van der Waals surface area contributed by atoms with E-state index in [-0.39, 0.29) is 5.60 Å². The molecular weight excluding hydrogens is 256 g/mol. The molecule has 4 rings (SSSR count). The minimum Gasteiger partial charge on any atom is -0.376 e. The van der Waals surface area contributed by atoms with Crippen molar-refractivity contribution in [3.05, 3.63) is 28.8 Å². The number of rotatable bonds is 1. The number of imidazole rings is 1. The predicted molar refractivity (Wildman–Crippen MR) is 76.4 cm³/mol. The van der Waals surface area contributed by atoms with E-state index in [9.17, 15) is 0 Å². The third kappa shape index (κ3) is 1.70. The Bertz CT molecular complexity index is 573. The summed E-state index contributed by atoms with van der Waals surface area (Å²) in [6.07, 6.45) is 6.25. The molecule has 2 aromatic rings. The van der Waals surface area contributed by atoms with E-state index in [1.807, 2.05) is 23.9 Å². The molecule has 0 amide bonds. The van der Waals surface area contributed by atoms with E-state index in [4.69, 9.17) is 4.74 Å². The van der Waals surface area contributed by atoms with Crippen LogP contribution in [0.15, 0.2) is 24.0 Å². The molecule has 0 spiro atoms. The summed E-state index contributed by atoms with van der Waals surface area (Å²) in [6.45, 7) is 5.29. The van der Waals surface area contributed by atoms with E-state index < -0.39 is 0 Å². The SMILES string of the molecule is CC1(C)CC(C2c3sccc3-c3cncn32)CCO1. The van der Waals surface area contributed by atoms with E-state index in [1.165, 1.54) is 16.1 Å². The molecule has 1 fully saturated rings. The van der Waals surface area contributed by atoms with Gasteiger partial charge in [-0.2, -0.15) is 0 Å². The van der Waals surface area contributed by atoms with Gasteiger partial charge in [0.25, 0.3) is 0 Å². The summed E-state index contributed by atoms with van der Waals surface area (Å²) in [5, 5.41) is 2.21. The van der Waals surface area contributed by atoms with Crippen LogP contribution in [-0.4, -0.2) is 21.8 Å². The van der Waals surface area contributed by atoms with Crippen molar-refractivity contribution in [2.75, 3.05) is 6.61 Å². The fraction of sp³-hybridized carbons (Fsp3) is 0.533. The van der Waals surface area contributed by atoms with Gasteiger partial charge in [0.2, 0.25) is 0 Å². The smallest absolute Gasteiger partial charge is 0.0957 e. The predicted octanol–water partition coefficient (Wildman–Crippen LogP) is 3.72. The molecule has 2 aliphatic rings. The lowest BCUT2D eigenvalue weighted by molar-refractivity contribution is -0.0778. The van der Waals surface area contributed by atoms with Gasteiger partial charge >= 0.3 is 0 Å². The lowest BCUT2D eigenvalue weighted by Gasteiger charge is -2.38. The van der Waals surface area contributed by atoms with Crippen molar-refractivity contribution in [2.24, 2.45) is 5.92 Å². The Morgan fingerprint density at radius 2 is 2.37 bits per heavy atom. The van der Waals surface area contributed by atoms with Crippen molar-refractivity contribution >= 4 is 11.3 Å². The van der Waals surface area contributed by atoms with E-state index in [1.54, 1.807) is 0 Å². The number of hydrogen-bond donors (Lipinski definition) is 0. The Morgan fingerprint density at radius 3 is 3.21 bits per heavy atom. The monoisotopic (exact) mass is 274 g/mol. The maximum atomic E-state index is 5.87. The normalized spacial score (nSPS) is 28.1. The number of hydrogen-bond acceptors (Lipinski definition) is 3. The van der Waals surface area contributed by atoms with Gasteiger partial charge in [0.05, 0.1) is 29.9 Å². The largest absolute Gasteiger partial charge is 0.376 e. The van der Waals surface area contributed by atoms with Crippen LogP contribution in [0.5, 0.6) is 0 Å². The second-order valence-corrected chi connectivity index (χ2v) is 7.14. The fourth-order valence-electron chi connectivity index (χ4n) is 3.61. The van der Waals surface area contributed by atoms with E-state index in [0.717, 1.165) is 19.4 Å². The first-order valence-corrected chi connectivity index (χ1v) is 7.77. The Morgan fingerprint density at radius 1 is 1.47 bits per heavy atom. The molecule has 2 aromatic heterocycles. The molecule has 0 bridgehead atoms. The van der Waals surface area contributed by atoms with Gasteiger partial charge in [-0.15, -0.1) is 11.3 Å². The standard InChI is InChI=1S/C15H18N2OS/c1-15(2)7-10(3-5-18-15)13-14-11(4-6-19-14)12-8-16-9-17(12)13/h4,6,8-10,13H,3,5,7H2,1-2H3. The van der Waals surface area contributed by atoms with Crippen LogP contribution in [0.25, 0.3) is 11.3 Å². The number of ether oxygens (including phenoxy) is 1. The highest BCUT2D eigenvalue weighted by molar-refractivity contribution is 7.10. The Balaban J connectivity index is 1.76. The van der Waals surface area contributed by atoms with Crippen molar-refractivity contribution in [3.8, 4) is 11.3 Å². The Kier molecular flexibility index (Phi) is 2.42. The molecule has 0 aromatic carbocycles. The molecule has 2 unspecified atom stereocenters. The van der Waals surface area contributed by atoms with Crippen molar-refractivity contribution in [1.29, 1.82) is 0 Å². The van der Waals surface area contributed by atoms with Gasteiger partial charge in [0.15, 0.2) is 0 Å². The first-order chi connectivity index (χ1) is 9.16. The van der Waals surface area contributed by atoms with Crippen LogP contribution in [0.3, 0.4) is 0 Å². The topological polar surface area (TPSA) is 27.1 Å². The first-order valence-electron chi connectivity index (χ1n) is 6.89. The van der Waals surface area contributed by atoms with Crippen molar-refractivity contribution in [1.82, 2.24) is 9.55 Å². The van der Waals surface area contributed by atoms with Gasteiger partial charge in [-0.1, -0.05) is 0 Å². The maximum absolute atomic E-state index is 5.87. The van der Waals surface area contributed by atoms with Crippen LogP contribution in [-0.2, 0) is 4.74 Å². The van der Waals surface area contributed by atoms with E-state index in [0.29, 0.717) is 12.0 Å². The van der Waals surface area contributed by atoms with Crippen LogP contribution in [0.4, 0.5) is 0 Å². The quantitative estimate of drug-likeness (QED) is 0.792. The highest BCUT2D eigenvalue weighted by Gasteiger charge is 2.40. The molecule has 0 saturated carbocycles. The van der Waals surface area contributed by atoms with Gasteiger partial charge in [-0.05, 0) is 44.1 Å². The Labute approximate surface area is 117 Å². The summed E-state index contributed by atoms with van der Waals surface area (Å²) >= 11 is 1.89. The third-order valence-corrected chi connectivity index (χ3v) is 5.37. The molecule has 2 atom stereocenters. The van der Waals surface area contributed by atoms with Crippen molar-refractivity contribution in [3.63, 3.8) is 0 Å². The van der Waals surface area contributed by atoms with Gasteiger partial charge in [0, 0.05) is 17.0 Å². The Hall–Kier alpha value is -1.13. The molecule has 2 aliphatic heterocycles. The summed E-state index contributed by atoms with van der Waals surface area (Å²) in [6, 6.07) is 2.70. The zero-order valence-corrected chi connectivity index (χ0v) is 12.1. The third-order valence-electron chi connectivity index (χ3n) is 4.39. The fourth-order valence-corrected chi connectivity index (χ4v) is 4.71. The second kappa shape index (κ2) is 3.93. The zero-order chi connectivity index (χ0) is 13.0. The van der Waals surface area contributed by atoms with Crippen LogP contribution >= 0.6 is 11.3 Å². The second-order valence-electron chi connectivity index (χ2n) is 6.19. The summed E-state index contributed by atoms with van der Waals surface area (Å²) < 4.78 is 8.24. The number of nitrogens with zero attached hydrogens (tertiary/aromatic N) is 2. The van der Waals surface area contributed by atoms with Crippen molar-refractivity contribution < 1.29 is 4.74 Å². The van der Waals surface area contributed by atoms with E-state index >= 15 is 0 Å². The zero-order valence-electron chi connectivity index (χ0n) is 11.3. The van der Waals surface area contributed by atoms with Gasteiger partial charge in [-0.3, -0.25) is 0 Å². The van der Waals surface area contributed by atoms with Gasteiger partial charge in [-0.25, -0.2) is 4.98 Å². The molecule has 4 heteroatoms. The molecule has 3 nitrogen and oxygen atoms in total. The molecule has 19 heavy (non-hydrogen) atoms. The average Bonchev–Trinajstić information content (AvgIpc) is 2.98.